The number of aromatic amines is 1. The number of hydrogen-bond acceptors (Lipinski definition) is 3. The zero-order valence-corrected chi connectivity index (χ0v) is 13.8. The lowest BCUT2D eigenvalue weighted by molar-refractivity contribution is 0.155. The third-order valence-corrected chi connectivity index (χ3v) is 3.75. The average molecular weight is 339 g/mol. The Morgan fingerprint density at radius 2 is 1.88 bits per heavy atom. The maximum atomic E-state index is 13.1. The van der Waals surface area contributed by atoms with Crippen LogP contribution in [0.15, 0.2) is 54.6 Å². The Bertz CT molecular complexity index is 845. The van der Waals surface area contributed by atoms with Gasteiger partial charge in [0.25, 0.3) is 0 Å². The van der Waals surface area contributed by atoms with Crippen molar-refractivity contribution in [1.29, 1.82) is 0 Å². The number of nitrogens with zero attached hydrogens (tertiary/aromatic N) is 1. The lowest BCUT2D eigenvalue weighted by atomic mass is 10.1. The highest BCUT2D eigenvalue weighted by Gasteiger charge is 2.17. The highest BCUT2D eigenvalue weighted by molar-refractivity contribution is 5.91. The summed E-state index contributed by atoms with van der Waals surface area (Å²) in [5, 5.41) is 9.89. The Morgan fingerprint density at radius 1 is 1.16 bits per heavy atom. The van der Waals surface area contributed by atoms with Gasteiger partial charge in [-0.3, -0.25) is 10.4 Å². The molecule has 25 heavy (non-hydrogen) atoms. The Morgan fingerprint density at radius 3 is 2.56 bits per heavy atom. The second-order valence-electron chi connectivity index (χ2n) is 5.47. The predicted molar refractivity (Wildman–Crippen MR) is 93.6 cm³/mol. The van der Waals surface area contributed by atoms with Crippen LogP contribution in [0.2, 0.25) is 0 Å². The number of anilines is 1. The fourth-order valence-electron chi connectivity index (χ4n) is 2.45. The molecule has 0 bridgehead atoms. The van der Waals surface area contributed by atoms with E-state index in [4.69, 9.17) is 4.74 Å². The fourth-order valence-corrected chi connectivity index (χ4v) is 2.45. The van der Waals surface area contributed by atoms with Gasteiger partial charge in [0.1, 0.15) is 18.1 Å². The zero-order chi connectivity index (χ0) is 17.6. The van der Waals surface area contributed by atoms with Crippen molar-refractivity contribution in [3.8, 4) is 11.3 Å². The van der Waals surface area contributed by atoms with Crippen molar-refractivity contribution in [3.05, 3.63) is 71.7 Å². The van der Waals surface area contributed by atoms with Crippen LogP contribution >= 0.6 is 0 Å². The zero-order valence-electron chi connectivity index (χ0n) is 13.8. The number of carbonyl (C=O) groups is 1. The Hall–Kier alpha value is -3.15. The first-order valence-corrected chi connectivity index (χ1v) is 7.98. The van der Waals surface area contributed by atoms with Crippen LogP contribution in [0, 0.1) is 5.82 Å². The number of H-pyrrole nitrogens is 1. The van der Waals surface area contributed by atoms with Gasteiger partial charge in [-0.25, -0.2) is 9.18 Å². The van der Waals surface area contributed by atoms with Crippen LogP contribution in [0.1, 0.15) is 18.2 Å². The lowest BCUT2D eigenvalue weighted by Crippen LogP contribution is -2.14. The second kappa shape index (κ2) is 7.61. The summed E-state index contributed by atoms with van der Waals surface area (Å²) in [7, 11) is 0. The van der Waals surface area contributed by atoms with E-state index in [0.717, 1.165) is 11.3 Å². The molecule has 0 spiro atoms. The lowest BCUT2D eigenvalue weighted by Gasteiger charge is -2.09. The first kappa shape index (κ1) is 16.7. The number of benzene rings is 2. The van der Waals surface area contributed by atoms with Crippen molar-refractivity contribution in [1.82, 2.24) is 10.2 Å². The summed E-state index contributed by atoms with van der Waals surface area (Å²) in [6.45, 7) is 2.13. The number of nitrogens with one attached hydrogen (secondary N) is 2. The molecule has 0 aliphatic carbocycles. The van der Waals surface area contributed by atoms with E-state index in [9.17, 15) is 9.18 Å². The highest BCUT2D eigenvalue weighted by Crippen LogP contribution is 2.29. The topological polar surface area (TPSA) is 67.0 Å². The van der Waals surface area contributed by atoms with Crippen molar-refractivity contribution in [2.45, 2.75) is 20.0 Å². The Kier molecular flexibility index (Phi) is 5.09. The number of halogens is 1. The Balaban J connectivity index is 1.75. The average Bonchev–Trinajstić information content (AvgIpc) is 3.04. The molecular weight excluding hydrogens is 321 g/mol. The molecule has 2 aromatic carbocycles. The van der Waals surface area contributed by atoms with Crippen LogP contribution < -0.4 is 5.32 Å². The molecule has 0 atom stereocenters. The minimum atomic E-state index is -0.566. The largest absolute Gasteiger partial charge is 0.444 e. The predicted octanol–water partition coefficient (Wildman–Crippen LogP) is 4.53. The van der Waals surface area contributed by atoms with E-state index < -0.39 is 6.09 Å². The molecule has 0 saturated heterocycles. The summed E-state index contributed by atoms with van der Waals surface area (Å²) in [5.74, 6) is -0.327. The van der Waals surface area contributed by atoms with Gasteiger partial charge in [-0.1, -0.05) is 37.3 Å². The number of ether oxygens (including phenoxy) is 1. The van der Waals surface area contributed by atoms with Gasteiger partial charge in [-0.2, -0.15) is 5.10 Å². The van der Waals surface area contributed by atoms with E-state index in [1.807, 2.05) is 37.3 Å². The Labute approximate surface area is 144 Å². The molecule has 1 heterocycles. The first-order chi connectivity index (χ1) is 12.2. The summed E-state index contributed by atoms with van der Waals surface area (Å²) in [4.78, 5) is 12.2. The van der Waals surface area contributed by atoms with Gasteiger partial charge in [-0.05, 0) is 36.2 Å². The maximum absolute atomic E-state index is 13.1. The molecule has 1 aromatic heterocycles. The molecule has 0 aliphatic heterocycles. The van der Waals surface area contributed by atoms with Crippen LogP contribution in [0.25, 0.3) is 11.3 Å². The molecule has 5 nitrogen and oxygen atoms in total. The molecule has 0 saturated carbocycles. The summed E-state index contributed by atoms with van der Waals surface area (Å²) in [6.07, 6.45) is 0.0889. The number of carbonyl (C=O) groups excluding carboxylic acids is 1. The van der Waals surface area contributed by atoms with E-state index in [1.54, 1.807) is 12.1 Å². The minimum absolute atomic E-state index is 0.178. The van der Waals surface area contributed by atoms with Gasteiger partial charge in [0.2, 0.25) is 0 Å². The van der Waals surface area contributed by atoms with E-state index >= 15 is 0 Å². The second-order valence-corrected chi connectivity index (χ2v) is 5.47. The summed E-state index contributed by atoms with van der Waals surface area (Å²) in [5.41, 5.74) is 3.48. The molecule has 0 fully saturated rings. The molecule has 6 heteroatoms. The molecular formula is C19H18FN3O2. The van der Waals surface area contributed by atoms with Crippen molar-refractivity contribution in [2.75, 3.05) is 5.32 Å². The van der Waals surface area contributed by atoms with Gasteiger partial charge in [0.15, 0.2) is 0 Å². The normalized spacial score (nSPS) is 10.5. The van der Waals surface area contributed by atoms with E-state index in [-0.39, 0.29) is 12.4 Å². The van der Waals surface area contributed by atoms with E-state index in [2.05, 4.69) is 15.5 Å². The number of aryl methyl sites for hydroxylation is 1. The van der Waals surface area contributed by atoms with Gasteiger partial charge in [-0.15, -0.1) is 0 Å². The minimum Gasteiger partial charge on any atom is -0.444 e. The van der Waals surface area contributed by atoms with Crippen molar-refractivity contribution >= 4 is 11.8 Å². The third-order valence-electron chi connectivity index (χ3n) is 3.75. The molecule has 0 aliphatic rings. The van der Waals surface area contributed by atoms with Crippen LogP contribution in [0.4, 0.5) is 14.9 Å². The molecule has 2 N–H and O–H groups in total. The number of amides is 1. The van der Waals surface area contributed by atoms with Crippen LogP contribution in [-0.2, 0) is 17.8 Å². The molecule has 0 radical (unpaired) electrons. The molecule has 128 valence electrons. The molecule has 3 rings (SSSR count). The van der Waals surface area contributed by atoms with Crippen LogP contribution in [0.3, 0.4) is 0 Å². The summed E-state index contributed by atoms with van der Waals surface area (Å²) in [6, 6.07) is 15.4. The summed E-state index contributed by atoms with van der Waals surface area (Å²) < 4.78 is 18.4. The quantitative estimate of drug-likeness (QED) is 0.718. The SMILES string of the molecule is CCc1[nH]nc(-c2ccc(F)cc2)c1NC(=O)OCc1ccccc1. The number of hydrogen-bond donors (Lipinski definition) is 2. The standard InChI is InChI=1S/C19H18FN3O2/c1-2-16-18(17(23-22-16)14-8-10-15(20)11-9-14)21-19(24)25-12-13-6-4-3-5-7-13/h3-11H,2,12H2,1H3,(H,21,24)(H,22,23). The monoisotopic (exact) mass is 339 g/mol. The first-order valence-electron chi connectivity index (χ1n) is 7.98. The van der Waals surface area contributed by atoms with Crippen molar-refractivity contribution < 1.29 is 13.9 Å². The van der Waals surface area contributed by atoms with E-state index in [1.165, 1.54) is 12.1 Å². The van der Waals surface area contributed by atoms with E-state index in [0.29, 0.717) is 23.4 Å². The maximum Gasteiger partial charge on any atom is 0.412 e. The van der Waals surface area contributed by atoms with Gasteiger partial charge >= 0.3 is 6.09 Å². The van der Waals surface area contributed by atoms with Crippen LogP contribution in [0.5, 0.6) is 0 Å². The molecule has 3 aromatic rings. The van der Waals surface area contributed by atoms with Gasteiger partial charge in [0, 0.05) is 5.56 Å². The molecule has 0 unspecified atom stereocenters. The fraction of sp³-hybridized carbons (Fsp3) is 0.158. The summed E-state index contributed by atoms with van der Waals surface area (Å²) >= 11 is 0. The van der Waals surface area contributed by atoms with Crippen LogP contribution in [-0.4, -0.2) is 16.3 Å². The van der Waals surface area contributed by atoms with Crippen molar-refractivity contribution in [3.63, 3.8) is 0 Å². The third kappa shape index (κ3) is 4.03. The van der Waals surface area contributed by atoms with Crippen molar-refractivity contribution in [2.24, 2.45) is 0 Å². The number of rotatable bonds is 5. The van der Waals surface area contributed by atoms with Gasteiger partial charge in [0.05, 0.1) is 11.4 Å². The molecule has 1 amide bonds. The smallest absolute Gasteiger partial charge is 0.412 e. The highest BCUT2D eigenvalue weighted by atomic mass is 19.1. The van der Waals surface area contributed by atoms with Gasteiger partial charge < -0.3 is 4.74 Å². The number of aromatic nitrogens is 2.